The maximum atomic E-state index is 11.1. The van der Waals surface area contributed by atoms with Crippen molar-refractivity contribution in [3.63, 3.8) is 0 Å². The van der Waals surface area contributed by atoms with E-state index in [1.807, 2.05) is 23.5 Å². The van der Waals surface area contributed by atoms with E-state index in [1.165, 1.54) is 24.3 Å². The first-order valence-corrected chi connectivity index (χ1v) is 6.85. The molecule has 0 aromatic heterocycles. The Balaban J connectivity index is 2.22. The predicted molar refractivity (Wildman–Crippen MR) is 63.7 cm³/mol. The first-order chi connectivity index (χ1) is 6.70. The number of hydrogen-bond donors (Lipinski definition) is 0. The summed E-state index contributed by atoms with van der Waals surface area (Å²) in [5.41, 5.74) is 0.480. The molecule has 0 amide bonds. The van der Waals surface area contributed by atoms with E-state index in [-0.39, 0.29) is 5.97 Å². The molecule has 0 aromatic carbocycles. The predicted octanol–water partition coefficient (Wildman–Crippen LogP) is 2.69. The van der Waals surface area contributed by atoms with Crippen molar-refractivity contribution in [2.45, 2.75) is 24.3 Å². The van der Waals surface area contributed by atoms with E-state index in [0.717, 1.165) is 0 Å². The van der Waals surface area contributed by atoms with Gasteiger partial charge in [0.2, 0.25) is 0 Å². The molecular formula is C10H16O2S2. The number of hydrogen-bond acceptors (Lipinski definition) is 4. The summed E-state index contributed by atoms with van der Waals surface area (Å²) in [7, 11) is 0. The van der Waals surface area contributed by atoms with E-state index >= 15 is 0 Å². The van der Waals surface area contributed by atoms with Crippen molar-refractivity contribution in [2.24, 2.45) is 0 Å². The highest BCUT2D eigenvalue weighted by Gasteiger charge is 2.15. The standard InChI is InChI=1S/C10H16O2S2/c1-8(2)10(11)12-7-9-13-5-3-4-6-14-9/h9H,1,3-7H2,2H3. The summed E-state index contributed by atoms with van der Waals surface area (Å²) in [5, 5.41) is 0. The highest BCUT2D eigenvalue weighted by molar-refractivity contribution is 8.17. The third-order valence-corrected chi connectivity index (χ3v) is 4.73. The second kappa shape index (κ2) is 6.40. The maximum Gasteiger partial charge on any atom is 0.333 e. The SMILES string of the molecule is C=C(C)C(=O)OCC1SCCCCS1. The van der Waals surface area contributed by atoms with Crippen molar-refractivity contribution in [1.29, 1.82) is 0 Å². The van der Waals surface area contributed by atoms with Crippen LogP contribution in [-0.2, 0) is 9.53 Å². The van der Waals surface area contributed by atoms with Crippen molar-refractivity contribution in [3.8, 4) is 0 Å². The topological polar surface area (TPSA) is 26.3 Å². The van der Waals surface area contributed by atoms with Gasteiger partial charge in [-0.3, -0.25) is 0 Å². The first kappa shape index (κ1) is 12.0. The van der Waals surface area contributed by atoms with Crippen molar-refractivity contribution >= 4 is 29.5 Å². The number of carbonyl (C=O) groups is 1. The van der Waals surface area contributed by atoms with Gasteiger partial charge in [0.15, 0.2) is 0 Å². The molecule has 0 saturated carbocycles. The number of carbonyl (C=O) groups excluding carboxylic acids is 1. The Morgan fingerprint density at radius 2 is 2.00 bits per heavy atom. The summed E-state index contributed by atoms with van der Waals surface area (Å²) in [6, 6.07) is 0. The first-order valence-electron chi connectivity index (χ1n) is 4.76. The van der Waals surface area contributed by atoms with E-state index in [2.05, 4.69) is 6.58 Å². The third kappa shape index (κ3) is 4.42. The molecule has 14 heavy (non-hydrogen) atoms. The quantitative estimate of drug-likeness (QED) is 0.552. The van der Waals surface area contributed by atoms with Gasteiger partial charge in [-0.05, 0) is 31.3 Å². The van der Waals surface area contributed by atoms with Gasteiger partial charge in [0.25, 0.3) is 0 Å². The summed E-state index contributed by atoms with van der Waals surface area (Å²) in [6.07, 6.45) is 2.56. The van der Waals surface area contributed by atoms with Crippen molar-refractivity contribution in [1.82, 2.24) is 0 Å². The molecular weight excluding hydrogens is 216 g/mol. The average molecular weight is 232 g/mol. The zero-order valence-electron chi connectivity index (χ0n) is 8.45. The minimum absolute atomic E-state index is 0.268. The molecule has 0 atom stereocenters. The van der Waals surface area contributed by atoms with Crippen LogP contribution >= 0.6 is 23.5 Å². The van der Waals surface area contributed by atoms with E-state index in [9.17, 15) is 4.79 Å². The van der Waals surface area contributed by atoms with Crippen LogP contribution in [0.15, 0.2) is 12.2 Å². The largest absolute Gasteiger partial charge is 0.460 e. The molecule has 0 aromatic rings. The third-order valence-electron chi connectivity index (χ3n) is 1.85. The van der Waals surface area contributed by atoms with Gasteiger partial charge in [-0.25, -0.2) is 4.79 Å². The molecule has 2 nitrogen and oxygen atoms in total. The Kier molecular flexibility index (Phi) is 5.48. The molecule has 0 N–H and O–H groups in total. The summed E-state index contributed by atoms with van der Waals surface area (Å²) >= 11 is 3.79. The van der Waals surface area contributed by atoms with Crippen LogP contribution in [0.25, 0.3) is 0 Å². The number of ether oxygens (including phenoxy) is 1. The molecule has 0 unspecified atom stereocenters. The lowest BCUT2D eigenvalue weighted by Gasteiger charge is -2.13. The molecule has 4 heteroatoms. The van der Waals surface area contributed by atoms with Gasteiger partial charge in [0.05, 0.1) is 4.58 Å². The maximum absolute atomic E-state index is 11.1. The van der Waals surface area contributed by atoms with E-state index in [0.29, 0.717) is 16.8 Å². The van der Waals surface area contributed by atoms with Crippen LogP contribution in [-0.4, -0.2) is 28.7 Å². The molecule has 0 bridgehead atoms. The summed E-state index contributed by atoms with van der Waals surface area (Å²) < 4.78 is 5.54. The highest BCUT2D eigenvalue weighted by atomic mass is 32.2. The number of thioether (sulfide) groups is 2. The fraction of sp³-hybridized carbons (Fsp3) is 0.700. The van der Waals surface area contributed by atoms with Gasteiger partial charge in [-0.1, -0.05) is 6.58 Å². The van der Waals surface area contributed by atoms with Gasteiger partial charge in [-0.15, -0.1) is 23.5 Å². The second-order valence-corrected chi connectivity index (χ2v) is 6.18. The minimum atomic E-state index is -0.268. The van der Waals surface area contributed by atoms with Crippen LogP contribution in [0.1, 0.15) is 19.8 Å². The Morgan fingerprint density at radius 1 is 1.43 bits per heavy atom. The molecule has 1 rings (SSSR count). The molecule has 80 valence electrons. The molecule has 1 saturated heterocycles. The van der Waals surface area contributed by atoms with Gasteiger partial charge < -0.3 is 4.74 Å². The Hall–Kier alpha value is -0.0900. The Bertz CT molecular complexity index is 208. The van der Waals surface area contributed by atoms with Crippen LogP contribution in [0.3, 0.4) is 0 Å². The van der Waals surface area contributed by atoms with Gasteiger partial charge in [0, 0.05) is 5.57 Å². The summed E-state index contributed by atoms with van der Waals surface area (Å²) in [5.74, 6) is 2.10. The lowest BCUT2D eigenvalue weighted by atomic mass is 10.4. The van der Waals surface area contributed by atoms with Crippen LogP contribution in [0.2, 0.25) is 0 Å². The van der Waals surface area contributed by atoms with Crippen LogP contribution in [0.4, 0.5) is 0 Å². The lowest BCUT2D eigenvalue weighted by molar-refractivity contribution is -0.138. The molecule has 0 spiro atoms. The molecule has 1 fully saturated rings. The fourth-order valence-corrected chi connectivity index (χ4v) is 3.60. The number of rotatable bonds is 3. The molecule has 1 heterocycles. The molecule has 1 aliphatic rings. The van der Waals surface area contributed by atoms with Crippen molar-refractivity contribution in [2.75, 3.05) is 18.1 Å². The normalized spacial score (nSPS) is 18.6. The van der Waals surface area contributed by atoms with Gasteiger partial charge in [-0.2, -0.15) is 0 Å². The summed E-state index contributed by atoms with van der Waals surface area (Å²) in [4.78, 5) is 11.1. The van der Waals surface area contributed by atoms with E-state index in [1.54, 1.807) is 6.92 Å². The zero-order chi connectivity index (χ0) is 10.4. The van der Waals surface area contributed by atoms with Crippen LogP contribution in [0.5, 0.6) is 0 Å². The van der Waals surface area contributed by atoms with Gasteiger partial charge >= 0.3 is 5.97 Å². The summed E-state index contributed by atoms with van der Waals surface area (Å²) in [6.45, 7) is 5.74. The smallest absolute Gasteiger partial charge is 0.333 e. The Morgan fingerprint density at radius 3 is 2.50 bits per heavy atom. The lowest BCUT2D eigenvalue weighted by Crippen LogP contribution is -2.14. The average Bonchev–Trinajstić information content (AvgIpc) is 2.42. The monoisotopic (exact) mass is 232 g/mol. The van der Waals surface area contributed by atoms with Crippen LogP contribution in [0, 0.1) is 0 Å². The van der Waals surface area contributed by atoms with Crippen LogP contribution < -0.4 is 0 Å². The molecule has 1 aliphatic heterocycles. The number of esters is 1. The zero-order valence-corrected chi connectivity index (χ0v) is 10.1. The Labute approximate surface area is 93.8 Å². The highest BCUT2D eigenvalue weighted by Crippen LogP contribution is 2.29. The van der Waals surface area contributed by atoms with E-state index in [4.69, 9.17) is 4.74 Å². The van der Waals surface area contributed by atoms with E-state index < -0.39 is 0 Å². The second-order valence-electron chi connectivity index (χ2n) is 3.26. The molecule has 0 radical (unpaired) electrons. The van der Waals surface area contributed by atoms with Gasteiger partial charge in [0.1, 0.15) is 6.61 Å². The molecule has 0 aliphatic carbocycles. The van der Waals surface area contributed by atoms with Crippen molar-refractivity contribution < 1.29 is 9.53 Å². The minimum Gasteiger partial charge on any atom is -0.460 e. The fourth-order valence-electron chi connectivity index (χ4n) is 1.04. The van der Waals surface area contributed by atoms with Crippen molar-refractivity contribution in [3.05, 3.63) is 12.2 Å².